The Morgan fingerprint density at radius 1 is 1.35 bits per heavy atom. The summed E-state index contributed by atoms with van der Waals surface area (Å²) in [5.41, 5.74) is 0.723. The van der Waals surface area contributed by atoms with Crippen molar-refractivity contribution in [3.05, 3.63) is 42.7 Å². The first-order chi connectivity index (χ1) is 11.2. The summed E-state index contributed by atoms with van der Waals surface area (Å²) in [6.45, 7) is 1.53. The maximum Gasteiger partial charge on any atom is 0.228 e. The first-order valence-electron chi connectivity index (χ1n) is 7.60. The zero-order valence-corrected chi connectivity index (χ0v) is 12.4. The second kappa shape index (κ2) is 5.26. The topological polar surface area (TPSA) is 71.0 Å². The molecule has 7 heteroatoms. The van der Waals surface area contributed by atoms with E-state index in [1.165, 1.54) is 12.4 Å². The number of rotatable bonds is 3. The van der Waals surface area contributed by atoms with Gasteiger partial charge in [-0.15, -0.1) is 0 Å². The van der Waals surface area contributed by atoms with E-state index in [2.05, 4.69) is 20.3 Å². The van der Waals surface area contributed by atoms with Gasteiger partial charge in [-0.2, -0.15) is 0 Å². The molecule has 4 rings (SSSR count). The van der Waals surface area contributed by atoms with Crippen LogP contribution in [0.25, 0.3) is 0 Å². The van der Waals surface area contributed by atoms with E-state index in [0.717, 1.165) is 31.6 Å². The van der Waals surface area contributed by atoms with E-state index in [1.54, 1.807) is 18.5 Å². The predicted molar refractivity (Wildman–Crippen MR) is 82.2 cm³/mol. The van der Waals surface area contributed by atoms with Gasteiger partial charge in [0, 0.05) is 30.6 Å². The Kier molecular flexibility index (Phi) is 3.21. The maximum atomic E-state index is 12.9. The van der Waals surface area contributed by atoms with Crippen molar-refractivity contribution in [1.82, 2.24) is 15.0 Å². The van der Waals surface area contributed by atoms with E-state index < -0.39 is 5.82 Å². The summed E-state index contributed by atoms with van der Waals surface area (Å²) in [4.78, 5) is 26.4. The van der Waals surface area contributed by atoms with Gasteiger partial charge in [0.1, 0.15) is 0 Å². The van der Waals surface area contributed by atoms with Gasteiger partial charge in [0.15, 0.2) is 5.82 Å². The molecule has 0 aromatic carbocycles. The van der Waals surface area contributed by atoms with Crippen LogP contribution in [0.2, 0.25) is 0 Å². The highest BCUT2D eigenvalue weighted by Crippen LogP contribution is 2.59. The van der Waals surface area contributed by atoms with E-state index in [1.807, 2.05) is 11.0 Å². The molecule has 1 aliphatic carbocycles. The van der Waals surface area contributed by atoms with Crippen LogP contribution in [0.1, 0.15) is 12.8 Å². The lowest BCUT2D eigenvalue weighted by atomic mass is 10.0. The van der Waals surface area contributed by atoms with E-state index >= 15 is 0 Å². The monoisotopic (exact) mass is 313 g/mol. The average molecular weight is 313 g/mol. The molecule has 2 unspecified atom stereocenters. The third-order valence-corrected chi connectivity index (χ3v) is 4.71. The Labute approximate surface area is 132 Å². The number of pyridine rings is 1. The van der Waals surface area contributed by atoms with Crippen molar-refractivity contribution in [3.63, 3.8) is 0 Å². The van der Waals surface area contributed by atoms with Crippen LogP contribution in [0.4, 0.5) is 16.0 Å². The Morgan fingerprint density at radius 2 is 2.17 bits per heavy atom. The molecule has 1 saturated carbocycles. The largest absolute Gasteiger partial charge is 0.340 e. The molecule has 2 aromatic rings. The molecule has 1 amide bonds. The zero-order chi connectivity index (χ0) is 15.9. The summed E-state index contributed by atoms with van der Waals surface area (Å²) < 4.78 is 12.9. The molecule has 3 heterocycles. The minimum atomic E-state index is -0.442. The number of carbonyl (C=O) groups excluding carboxylic acids is 1. The van der Waals surface area contributed by atoms with Gasteiger partial charge < -0.3 is 10.2 Å². The Hall–Kier alpha value is -2.57. The Morgan fingerprint density at radius 3 is 2.91 bits per heavy atom. The van der Waals surface area contributed by atoms with Crippen molar-refractivity contribution >= 4 is 17.5 Å². The lowest BCUT2D eigenvalue weighted by Crippen LogP contribution is -2.25. The Bertz CT molecular complexity index is 723. The van der Waals surface area contributed by atoms with Gasteiger partial charge in [-0.3, -0.25) is 9.78 Å². The lowest BCUT2D eigenvalue weighted by Gasteiger charge is -2.16. The smallest absolute Gasteiger partial charge is 0.228 e. The highest BCUT2D eigenvalue weighted by Gasteiger charge is 2.61. The van der Waals surface area contributed by atoms with E-state index in [9.17, 15) is 9.18 Å². The maximum absolute atomic E-state index is 12.9. The van der Waals surface area contributed by atoms with Crippen LogP contribution >= 0.6 is 0 Å². The first kappa shape index (κ1) is 14.0. The molecular weight excluding hydrogens is 297 g/mol. The molecular formula is C16H16FN5O. The average Bonchev–Trinajstić information content (AvgIpc) is 3.10. The van der Waals surface area contributed by atoms with Crippen molar-refractivity contribution in [2.75, 3.05) is 23.3 Å². The quantitative estimate of drug-likeness (QED) is 0.936. The third kappa shape index (κ3) is 2.62. The molecule has 1 spiro atoms. The number of halogens is 1. The minimum Gasteiger partial charge on any atom is -0.340 e. The van der Waals surface area contributed by atoms with Crippen LogP contribution in [0.5, 0.6) is 0 Å². The predicted octanol–water partition coefficient (Wildman–Crippen LogP) is 1.87. The summed E-state index contributed by atoms with van der Waals surface area (Å²) in [5, 5.41) is 2.92. The molecule has 2 atom stereocenters. The highest BCUT2D eigenvalue weighted by atomic mass is 19.1. The van der Waals surface area contributed by atoms with Crippen molar-refractivity contribution in [2.24, 2.45) is 11.3 Å². The van der Waals surface area contributed by atoms with Crippen molar-refractivity contribution in [2.45, 2.75) is 12.8 Å². The molecule has 2 aromatic heterocycles. The molecule has 0 bridgehead atoms. The van der Waals surface area contributed by atoms with Crippen LogP contribution in [-0.2, 0) is 4.79 Å². The third-order valence-electron chi connectivity index (χ3n) is 4.71. The SMILES string of the molecule is O=C(Nc1cccnc1)C1CC12CCN(c1ncc(F)cn1)C2. The van der Waals surface area contributed by atoms with E-state index in [4.69, 9.17) is 0 Å². The van der Waals surface area contributed by atoms with Gasteiger partial charge in [0.2, 0.25) is 11.9 Å². The van der Waals surface area contributed by atoms with Gasteiger partial charge in [-0.05, 0) is 25.0 Å². The number of nitrogens with zero attached hydrogens (tertiary/aromatic N) is 4. The van der Waals surface area contributed by atoms with Crippen LogP contribution in [0, 0.1) is 17.2 Å². The van der Waals surface area contributed by atoms with Crippen LogP contribution in [0.3, 0.4) is 0 Å². The minimum absolute atomic E-state index is 0.00401. The fraction of sp³-hybridized carbons (Fsp3) is 0.375. The van der Waals surface area contributed by atoms with Gasteiger partial charge in [-0.1, -0.05) is 0 Å². The summed E-state index contributed by atoms with van der Waals surface area (Å²) in [6, 6.07) is 3.62. The molecule has 118 valence electrons. The van der Waals surface area contributed by atoms with Gasteiger partial charge in [-0.25, -0.2) is 14.4 Å². The molecule has 1 saturated heterocycles. The normalized spacial score (nSPS) is 25.6. The van der Waals surface area contributed by atoms with Crippen molar-refractivity contribution in [1.29, 1.82) is 0 Å². The number of amides is 1. The standard InChI is InChI=1S/C16H16FN5O/c17-11-7-19-15(20-8-11)22-5-3-16(10-22)6-13(16)14(23)21-12-2-1-4-18-9-12/h1-2,4,7-9,13H,3,5-6,10H2,(H,21,23). The number of aromatic nitrogens is 3. The highest BCUT2D eigenvalue weighted by molar-refractivity contribution is 5.95. The number of carbonyl (C=O) groups is 1. The summed E-state index contributed by atoms with van der Waals surface area (Å²) >= 11 is 0. The number of hydrogen-bond acceptors (Lipinski definition) is 5. The van der Waals surface area contributed by atoms with Crippen LogP contribution in [0.15, 0.2) is 36.9 Å². The van der Waals surface area contributed by atoms with Gasteiger partial charge in [0.05, 0.1) is 24.3 Å². The lowest BCUT2D eigenvalue weighted by molar-refractivity contribution is -0.118. The fourth-order valence-electron chi connectivity index (χ4n) is 3.37. The second-order valence-electron chi connectivity index (χ2n) is 6.22. The molecule has 6 nitrogen and oxygen atoms in total. The number of anilines is 2. The van der Waals surface area contributed by atoms with Gasteiger partial charge in [0.25, 0.3) is 0 Å². The fourth-order valence-corrected chi connectivity index (χ4v) is 3.37. The van der Waals surface area contributed by atoms with Crippen LogP contribution in [-0.4, -0.2) is 33.9 Å². The molecule has 1 N–H and O–H groups in total. The van der Waals surface area contributed by atoms with Crippen molar-refractivity contribution < 1.29 is 9.18 Å². The van der Waals surface area contributed by atoms with Gasteiger partial charge >= 0.3 is 0 Å². The zero-order valence-electron chi connectivity index (χ0n) is 12.4. The molecule has 2 fully saturated rings. The molecule has 23 heavy (non-hydrogen) atoms. The van der Waals surface area contributed by atoms with E-state index in [-0.39, 0.29) is 17.2 Å². The van der Waals surface area contributed by atoms with Crippen molar-refractivity contribution in [3.8, 4) is 0 Å². The second-order valence-corrected chi connectivity index (χ2v) is 6.22. The summed E-state index contributed by atoms with van der Waals surface area (Å²) in [5.74, 6) is 0.137. The molecule has 1 aliphatic heterocycles. The summed E-state index contributed by atoms with van der Waals surface area (Å²) in [7, 11) is 0. The molecule has 0 radical (unpaired) electrons. The summed E-state index contributed by atoms with van der Waals surface area (Å²) in [6.07, 6.45) is 7.46. The number of nitrogens with one attached hydrogen (secondary N) is 1. The molecule has 2 aliphatic rings. The number of hydrogen-bond donors (Lipinski definition) is 1. The van der Waals surface area contributed by atoms with E-state index in [0.29, 0.717) is 5.95 Å². The Balaban J connectivity index is 1.40. The van der Waals surface area contributed by atoms with Crippen LogP contribution < -0.4 is 10.2 Å². The first-order valence-corrected chi connectivity index (χ1v) is 7.60.